The third kappa shape index (κ3) is 2.56. The van der Waals surface area contributed by atoms with E-state index in [1.54, 1.807) is 12.8 Å². The van der Waals surface area contributed by atoms with Crippen molar-refractivity contribution in [2.75, 3.05) is 0 Å². The summed E-state index contributed by atoms with van der Waals surface area (Å²) in [4.78, 5) is 0. The van der Waals surface area contributed by atoms with Gasteiger partial charge in [-0.1, -0.05) is 53.9 Å². The van der Waals surface area contributed by atoms with E-state index in [1.807, 2.05) is 0 Å². The maximum absolute atomic E-state index is 2.47. The molecule has 0 heterocycles. The smallest absolute Gasteiger partial charge is 0.0235 e. The molecule has 4 unspecified atom stereocenters. The molecule has 1 spiro atoms. The fourth-order valence-electron chi connectivity index (χ4n) is 4.36. The molecule has 0 N–H and O–H groups in total. The molecular formula is C17H32. The second-order valence-electron chi connectivity index (χ2n) is 7.32. The molecule has 2 aliphatic carbocycles. The lowest BCUT2D eigenvalue weighted by Crippen LogP contribution is -2.14. The molecule has 2 rings (SSSR count). The van der Waals surface area contributed by atoms with E-state index in [0.717, 1.165) is 35.0 Å². The zero-order valence-electron chi connectivity index (χ0n) is 12.6. The number of hydrogen-bond acceptors (Lipinski definition) is 0. The summed E-state index contributed by atoms with van der Waals surface area (Å²) in [5, 5.41) is 0. The van der Waals surface area contributed by atoms with E-state index in [2.05, 4.69) is 34.6 Å². The van der Waals surface area contributed by atoms with Crippen LogP contribution in [0.1, 0.15) is 73.1 Å². The predicted molar refractivity (Wildman–Crippen MR) is 76.0 cm³/mol. The Morgan fingerprint density at radius 2 is 1.65 bits per heavy atom. The van der Waals surface area contributed by atoms with Gasteiger partial charge < -0.3 is 0 Å². The van der Waals surface area contributed by atoms with E-state index in [1.165, 1.54) is 25.7 Å². The van der Waals surface area contributed by atoms with Crippen LogP contribution in [0.2, 0.25) is 0 Å². The molecule has 0 amide bonds. The van der Waals surface area contributed by atoms with Crippen molar-refractivity contribution in [1.82, 2.24) is 0 Å². The van der Waals surface area contributed by atoms with E-state index in [0.29, 0.717) is 0 Å². The summed E-state index contributed by atoms with van der Waals surface area (Å²) in [5.41, 5.74) is 0.864. The van der Waals surface area contributed by atoms with Gasteiger partial charge in [-0.05, 0) is 54.3 Å². The fraction of sp³-hybridized carbons (Fsp3) is 1.00. The van der Waals surface area contributed by atoms with E-state index in [4.69, 9.17) is 0 Å². The van der Waals surface area contributed by atoms with Crippen molar-refractivity contribution in [2.45, 2.75) is 73.1 Å². The van der Waals surface area contributed by atoms with Crippen LogP contribution in [0.4, 0.5) is 0 Å². The second kappa shape index (κ2) is 4.94. The molecule has 0 aromatic rings. The standard InChI is InChI=1S/C17H32/c1-6-14(7-2)8-9-15(12(3)4)16-11-17(16)10-13(17)5/h12-16H,6-11H2,1-5H3. The van der Waals surface area contributed by atoms with Gasteiger partial charge in [-0.15, -0.1) is 0 Å². The Labute approximate surface area is 109 Å². The SMILES string of the molecule is CCC(CC)CCC(C(C)C)C1CC12CC2C. The molecule has 0 aromatic heterocycles. The van der Waals surface area contributed by atoms with Crippen molar-refractivity contribution in [2.24, 2.45) is 35.0 Å². The van der Waals surface area contributed by atoms with Gasteiger partial charge in [0.1, 0.15) is 0 Å². The monoisotopic (exact) mass is 236 g/mol. The van der Waals surface area contributed by atoms with Gasteiger partial charge in [-0.3, -0.25) is 0 Å². The predicted octanol–water partition coefficient (Wildman–Crippen LogP) is 5.52. The second-order valence-corrected chi connectivity index (χ2v) is 7.32. The molecule has 0 bridgehead atoms. The Morgan fingerprint density at radius 3 is 2.00 bits per heavy atom. The highest BCUT2D eigenvalue weighted by atomic mass is 14.7. The van der Waals surface area contributed by atoms with Crippen LogP contribution in [-0.4, -0.2) is 0 Å². The van der Waals surface area contributed by atoms with E-state index in [-0.39, 0.29) is 0 Å². The van der Waals surface area contributed by atoms with Crippen LogP contribution in [0.5, 0.6) is 0 Å². The highest BCUT2D eigenvalue weighted by molar-refractivity contribution is 5.18. The van der Waals surface area contributed by atoms with Crippen molar-refractivity contribution >= 4 is 0 Å². The quantitative estimate of drug-likeness (QED) is 0.546. The van der Waals surface area contributed by atoms with Crippen LogP contribution >= 0.6 is 0 Å². The van der Waals surface area contributed by atoms with Crippen molar-refractivity contribution in [3.05, 3.63) is 0 Å². The zero-order chi connectivity index (χ0) is 12.6. The molecular weight excluding hydrogens is 204 g/mol. The Balaban J connectivity index is 1.82. The average Bonchev–Trinajstić information content (AvgIpc) is 3.14. The molecule has 0 nitrogen and oxygen atoms in total. The van der Waals surface area contributed by atoms with Crippen molar-refractivity contribution < 1.29 is 0 Å². The maximum atomic E-state index is 2.47. The van der Waals surface area contributed by atoms with Crippen molar-refractivity contribution in [3.8, 4) is 0 Å². The summed E-state index contributed by atoms with van der Waals surface area (Å²) in [5.74, 6) is 5.08. The summed E-state index contributed by atoms with van der Waals surface area (Å²) < 4.78 is 0. The summed E-state index contributed by atoms with van der Waals surface area (Å²) in [6.45, 7) is 12.1. The van der Waals surface area contributed by atoms with Crippen LogP contribution in [0.15, 0.2) is 0 Å². The normalized spacial score (nSPS) is 36.9. The first-order valence-electron chi connectivity index (χ1n) is 8.05. The minimum Gasteiger partial charge on any atom is -0.0651 e. The van der Waals surface area contributed by atoms with E-state index >= 15 is 0 Å². The lowest BCUT2D eigenvalue weighted by atomic mass is 9.82. The first kappa shape index (κ1) is 13.4. The summed E-state index contributed by atoms with van der Waals surface area (Å²) in [7, 11) is 0. The van der Waals surface area contributed by atoms with Gasteiger partial charge in [0.25, 0.3) is 0 Å². The first-order chi connectivity index (χ1) is 8.05. The average molecular weight is 236 g/mol. The lowest BCUT2D eigenvalue weighted by molar-refractivity contribution is 0.265. The Morgan fingerprint density at radius 1 is 1.06 bits per heavy atom. The highest BCUT2D eigenvalue weighted by Gasteiger charge is 2.69. The third-order valence-electron chi connectivity index (χ3n) is 6.12. The maximum Gasteiger partial charge on any atom is -0.0235 e. The van der Waals surface area contributed by atoms with E-state index < -0.39 is 0 Å². The van der Waals surface area contributed by atoms with Crippen LogP contribution in [0.3, 0.4) is 0 Å². The van der Waals surface area contributed by atoms with Crippen LogP contribution in [0.25, 0.3) is 0 Å². The van der Waals surface area contributed by atoms with Gasteiger partial charge >= 0.3 is 0 Å². The van der Waals surface area contributed by atoms with Crippen LogP contribution in [-0.2, 0) is 0 Å². The lowest BCUT2D eigenvalue weighted by Gasteiger charge is -2.23. The van der Waals surface area contributed by atoms with Crippen LogP contribution < -0.4 is 0 Å². The molecule has 2 fully saturated rings. The van der Waals surface area contributed by atoms with Gasteiger partial charge in [0.15, 0.2) is 0 Å². The first-order valence-corrected chi connectivity index (χ1v) is 8.05. The topological polar surface area (TPSA) is 0 Å². The Bertz CT molecular complexity index is 251. The Hall–Kier alpha value is 0. The third-order valence-corrected chi connectivity index (χ3v) is 6.12. The van der Waals surface area contributed by atoms with Gasteiger partial charge in [-0.25, -0.2) is 0 Å². The van der Waals surface area contributed by atoms with Crippen molar-refractivity contribution in [3.63, 3.8) is 0 Å². The Kier molecular flexibility index (Phi) is 3.90. The molecule has 0 aromatic carbocycles. The minimum atomic E-state index is 0.864. The fourth-order valence-corrected chi connectivity index (χ4v) is 4.36. The van der Waals surface area contributed by atoms with E-state index in [9.17, 15) is 0 Å². The van der Waals surface area contributed by atoms with Crippen LogP contribution in [0, 0.1) is 35.0 Å². The van der Waals surface area contributed by atoms with Crippen molar-refractivity contribution in [1.29, 1.82) is 0 Å². The zero-order valence-corrected chi connectivity index (χ0v) is 12.6. The largest absolute Gasteiger partial charge is 0.0651 e. The van der Waals surface area contributed by atoms with Gasteiger partial charge in [-0.2, -0.15) is 0 Å². The highest BCUT2D eigenvalue weighted by Crippen LogP contribution is 2.77. The molecule has 2 saturated carbocycles. The molecule has 0 aliphatic heterocycles. The number of rotatable bonds is 7. The summed E-state index contributed by atoms with van der Waals surface area (Å²) in [6, 6.07) is 0. The molecule has 0 heteroatoms. The van der Waals surface area contributed by atoms with Gasteiger partial charge in [0.05, 0.1) is 0 Å². The summed E-state index contributed by atoms with van der Waals surface area (Å²) >= 11 is 0. The molecule has 100 valence electrons. The van der Waals surface area contributed by atoms with Gasteiger partial charge in [0.2, 0.25) is 0 Å². The van der Waals surface area contributed by atoms with Gasteiger partial charge in [0, 0.05) is 0 Å². The summed E-state index contributed by atoms with van der Waals surface area (Å²) in [6.07, 6.45) is 8.87. The molecule has 0 saturated heterocycles. The molecule has 2 aliphatic rings. The minimum absolute atomic E-state index is 0.864. The molecule has 17 heavy (non-hydrogen) atoms. The molecule has 4 atom stereocenters. The number of hydrogen-bond donors (Lipinski definition) is 0. The molecule has 0 radical (unpaired) electrons.